The van der Waals surface area contributed by atoms with Crippen LogP contribution in [0.4, 0.5) is 0 Å². The summed E-state index contributed by atoms with van der Waals surface area (Å²) >= 11 is 0. The van der Waals surface area contributed by atoms with E-state index in [1.807, 2.05) is 0 Å². The fourth-order valence-corrected chi connectivity index (χ4v) is 6.53. The number of rotatable bonds is 4. The van der Waals surface area contributed by atoms with Crippen LogP contribution in [0.25, 0.3) is 0 Å². The van der Waals surface area contributed by atoms with Crippen molar-refractivity contribution in [2.24, 2.45) is 7.05 Å². The Labute approximate surface area is 145 Å². The second-order valence-electron chi connectivity index (χ2n) is 6.03. The number of hydrogen-bond acceptors (Lipinski definition) is 8. The Bertz CT molecular complexity index is 964. The van der Waals surface area contributed by atoms with Gasteiger partial charge in [0.2, 0.25) is 25.0 Å². The van der Waals surface area contributed by atoms with Crippen molar-refractivity contribution in [1.29, 1.82) is 0 Å². The molecule has 25 heavy (non-hydrogen) atoms. The fourth-order valence-electron chi connectivity index (χ4n) is 3.03. The first kappa shape index (κ1) is 18.0. The molecular formula is C13H19N5O5S2. The molecule has 12 heteroatoms. The van der Waals surface area contributed by atoms with E-state index in [2.05, 4.69) is 15.4 Å². The van der Waals surface area contributed by atoms with Crippen LogP contribution in [0.3, 0.4) is 0 Å². The van der Waals surface area contributed by atoms with Gasteiger partial charge in [0.25, 0.3) is 0 Å². The quantitative estimate of drug-likeness (QED) is 0.717. The van der Waals surface area contributed by atoms with Crippen molar-refractivity contribution in [3.05, 3.63) is 17.8 Å². The summed E-state index contributed by atoms with van der Waals surface area (Å²) in [6.07, 6.45) is 1.71. The zero-order valence-electron chi connectivity index (χ0n) is 14.1. The summed E-state index contributed by atoms with van der Waals surface area (Å²) in [5, 5.41) is 10.2. The Balaban J connectivity index is 1.80. The molecule has 0 saturated carbocycles. The molecule has 0 unspecified atom stereocenters. The van der Waals surface area contributed by atoms with Crippen molar-refractivity contribution in [2.75, 3.05) is 13.1 Å². The van der Waals surface area contributed by atoms with Crippen LogP contribution in [0.15, 0.2) is 20.9 Å². The number of sulfone groups is 1. The number of nitrogens with zero attached hydrogens (tertiary/aromatic N) is 5. The minimum absolute atomic E-state index is 0.0575. The predicted octanol–water partition coefficient (Wildman–Crippen LogP) is 0.0469. The van der Waals surface area contributed by atoms with E-state index in [0.717, 1.165) is 0 Å². The summed E-state index contributed by atoms with van der Waals surface area (Å²) in [4.78, 5) is 0.0575. The smallest absolute Gasteiger partial charge is 0.249 e. The van der Waals surface area contributed by atoms with Gasteiger partial charge in [-0.05, 0) is 26.7 Å². The standard InChI is InChI=1S/C13H19N5O5S2/c1-9-12(10(2)23-16-9)25(21,22)18-6-4-11(5-7-18)24(19,20)13-15-14-8-17(13)3/h8,11H,4-7H2,1-3H3. The van der Waals surface area contributed by atoms with Gasteiger partial charge in [-0.25, -0.2) is 16.8 Å². The Morgan fingerprint density at radius 3 is 2.28 bits per heavy atom. The molecule has 1 aliphatic heterocycles. The molecule has 0 atom stereocenters. The van der Waals surface area contributed by atoms with Gasteiger partial charge in [-0.1, -0.05) is 5.16 Å². The third kappa shape index (κ3) is 2.98. The van der Waals surface area contributed by atoms with E-state index in [9.17, 15) is 16.8 Å². The lowest BCUT2D eigenvalue weighted by molar-refractivity contribution is 0.343. The minimum atomic E-state index is -3.76. The van der Waals surface area contributed by atoms with Crippen LogP contribution in [0.2, 0.25) is 0 Å². The lowest BCUT2D eigenvalue weighted by Gasteiger charge is -2.30. The normalized spacial score (nSPS) is 17.9. The van der Waals surface area contributed by atoms with Crippen LogP contribution in [0, 0.1) is 13.8 Å². The van der Waals surface area contributed by atoms with Gasteiger partial charge in [0.1, 0.15) is 16.9 Å². The summed E-state index contributed by atoms with van der Waals surface area (Å²) < 4.78 is 58.4. The van der Waals surface area contributed by atoms with E-state index >= 15 is 0 Å². The molecule has 0 aromatic carbocycles. The van der Waals surface area contributed by atoms with Crippen LogP contribution in [0.1, 0.15) is 24.3 Å². The van der Waals surface area contributed by atoms with Crippen LogP contribution < -0.4 is 0 Å². The van der Waals surface area contributed by atoms with Crippen LogP contribution >= 0.6 is 0 Å². The molecule has 1 fully saturated rings. The monoisotopic (exact) mass is 389 g/mol. The Hall–Kier alpha value is -1.79. The van der Waals surface area contributed by atoms with Gasteiger partial charge < -0.3 is 9.09 Å². The Kier molecular flexibility index (Phi) is 4.45. The van der Waals surface area contributed by atoms with Gasteiger partial charge in [0.15, 0.2) is 5.76 Å². The molecule has 3 heterocycles. The maximum Gasteiger partial charge on any atom is 0.249 e. The van der Waals surface area contributed by atoms with Crippen LogP contribution in [-0.2, 0) is 26.9 Å². The highest BCUT2D eigenvalue weighted by Crippen LogP contribution is 2.29. The predicted molar refractivity (Wildman–Crippen MR) is 85.9 cm³/mol. The van der Waals surface area contributed by atoms with E-state index in [0.29, 0.717) is 5.69 Å². The molecule has 138 valence electrons. The van der Waals surface area contributed by atoms with Gasteiger partial charge in [0.05, 0.1) is 5.25 Å². The average molecular weight is 389 g/mol. The van der Waals surface area contributed by atoms with Gasteiger partial charge in [-0.15, -0.1) is 10.2 Å². The molecule has 1 saturated heterocycles. The third-order valence-electron chi connectivity index (χ3n) is 4.33. The Morgan fingerprint density at radius 2 is 1.80 bits per heavy atom. The molecule has 1 aliphatic rings. The van der Waals surface area contributed by atoms with E-state index in [1.54, 1.807) is 14.0 Å². The number of hydrogen-bond donors (Lipinski definition) is 0. The van der Waals surface area contributed by atoms with Gasteiger partial charge >= 0.3 is 0 Å². The highest BCUT2D eigenvalue weighted by molar-refractivity contribution is 7.92. The Morgan fingerprint density at radius 1 is 1.16 bits per heavy atom. The summed E-state index contributed by atoms with van der Waals surface area (Å²) in [6.45, 7) is 3.31. The lowest BCUT2D eigenvalue weighted by Crippen LogP contribution is -2.43. The summed E-state index contributed by atoms with van der Waals surface area (Å²) in [5.41, 5.74) is 0.298. The van der Waals surface area contributed by atoms with Crippen molar-refractivity contribution in [1.82, 2.24) is 24.2 Å². The average Bonchev–Trinajstić information content (AvgIpc) is 3.13. The molecule has 0 bridgehead atoms. The summed E-state index contributed by atoms with van der Waals surface area (Å²) in [7, 11) is -5.85. The second kappa shape index (κ2) is 6.18. The van der Waals surface area contributed by atoms with E-state index in [-0.39, 0.29) is 41.7 Å². The first-order chi connectivity index (χ1) is 11.7. The van der Waals surface area contributed by atoms with Crippen LogP contribution in [0.5, 0.6) is 0 Å². The topological polar surface area (TPSA) is 128 Å². The summed E-state index contributed by atoms with van der Waals surface area (Å²) in [5.74, 6) is 0.228. The first-order valence-corrected chi connectivity index (χ1v) is 10.6. The van der Waals surface area contributed by atoms with Crippen molar-refractivity contribution in [3.8, 4) is 0 Å². The second-order valence-corrected chi connectivity index (χ2v) is 10.0. The van der Waals surface area contributed by atoms with Gasteiger partial charge in [-0.2, -0.15) is 4.31 Å². The maximum absolute atomic E-state index is 12.8. The molecule has 2 aromatic rings. The van der Waals surface area contributed by atoms with E-state index < -0.39 is 25.1 Å². The fraction of sp³-hybridized carbons (Fsp3) is 0.615. The maximum atomic E-state index is 12.8. The minimum Gasteiger partial charge on any atom is -0.360 e. The molecule has 3 rings (SSSR count). The van der Waals surface area contributed by atoms with Crippen molar-refractivity contribution in [2.45, 2.75) is 42.0 Å². The summed E-state index contributed by atoms with van der Waals surface area (Å²) in [6, 6.07) is 0. The highest BCUT2D eigenvalue weighted by Gasteiger charge is 2.39. The number of piperidine rings is 1. The number of sulfonamides is 1. The number of aryl methyl sites for hydroxylation is 3. The van der Waals surface area contributed by atoms with Crippen molar-refractivity contribution >= 4 is 19.9 Å². The molecule has 10 nitrogen and oxygen atoms in total. The molecule has 0 spiro atoms. The van der Waals surface area contributed by atoms with Gasteiger partial charge in [0, 0.05) is 20.1 Å². The van der Waals surface area contributed by atoms with E-state index in [1.165, 1.54) is 22.1 Å². The highest BCUT2D eigenvalue weighted by atomic mass is 32.2. The van der Waals surface area contributed by atoms with Crippen LogP contribution in [-0.4, -0.2) is 59.4 Å². The number of aromatic nitrogens is 4. The molecule has 0 aliphatic carbocycles. The molecular weight excluding hydrogens is 370 g/mol. The van der Waals surface area contributed by atoms with Crippen molar-refractivity contribution in [3.63, 3.8) is 0 Å². The molecule has 0 radical (unpaired) electrons. The zero-order valence-corrected chi connectivity index (χ0v) is 15.7. The van der Waals surface area contributed by atoms with Gasteiger partial charge in [-0.3, -0.25) is 0 Å². The molecule has 0 amide bonds. The third-order valence-corrected chi connectivity index (χ3v) is 8.70. The van der Waals surface area contributed by atoms with E-state index in [4.69, 9.17) is 4.52 Å². The first-order valence-electron chi connectivity index (χ1n) is 7.66. The SMILES string of the molecule is Cc1noc(C)c1S(=O)(=O)N1CCC(S(=O)(=O)c2nncn2C)CC1. The lowest BCUT2D eigenvalue weighted by atomic mass is 10.2. The van der Waals surface area contributed by atoms with Crippen molar-refractivity contribution < 1.29 is 21.4 Å². The molecule has 0 N–H and O–H groups in total. The zero-order chi connectivity index (χ0) is 18.4. The molecule has 2 aromatic heterocycles. The largest absolute Gasteiger partial charge is 0.360 e.